The van der Waals surface area contributed by atoms with Gasteiger partial charge in [0.05, 0.1) is 18.3 Å². The molecule has 1 amide bonds. The zero-order valence-electron chi connectivity index (χ0n) is 14.2. The van der Waals surface area contributed by atoms with Gasteiger partial charge in [0.15, 0.2) is 0 Å². The van der Waals surface area contributed by atoms with E-state index in [1.807, 2.05) is 37.3 Å². The number of carbonyl (C=O) groups is 1. The lowest BCUT2D eigenvalue weighted by atomic mass is 10.1. The second kappa shape index (κ2) is 6.83. The molecule has 0 saturated carbocycles. The normalized spacial score (nSPS) is 26.4. The molecule has 2 aliphatic rings. The molecule has 0 bridgehead atoms. The van der Waals surface area contributed by atoms with Gasteiger partial charge in [0.25, 0.3) is 5.91 Å². The average Bonchev–Trinajstić information content (AvgIpc) is 3.20. The van der Waals surface area contributed by atoms with Crippen molar-refractivity contribution in [2.75, 3.05) is 19.7 Å². The topological polar surface area (TPSA) is 57.4 Å². The molecule has 2 fully saturated rings. The van der Waals surface area contributed by atoms with Gasteiger partial charge in [-0.25, -0.2) is 0 Å². The first kappa shape index (κ1) is 16.6. The summed E-state index contributed by atoms with van der Waals surface area (Å²) < 4.78 is 6.06. The Balaban J connectivity index is 1.38. The Morgan fingerprint density at radius 2 is 2.08 bits per heavy atom. The maximum absolute atomic E-state index is 12.4. The van der Waals surface area contributed by atoms with E-state index in [1.165, 1.54) is 0 Å². The minimum Gasteiger partial charge on any atom is -0.371 e. The maximum atomic E-state index is 12.4. The van der Waals surface area contributed by atoms with Crippen LogP contribution in [0.4, 0.5) is 0 Å². The van der Waals surface area contributed by atoms with Crippen LogP contribution in [-0.4, -0.2) is 47.6 Å². The van der Waals surface area contributed by atoms with Gasteiger partial charge in [-0.1, -0.05) is 23.7 Å². The number of morpholine rings is 1. The molecule has 1 aromatic heterocycles. The van der Waals surface area contributed by atoms with Gasteiger partial charge in [-0.2, -0.15) is 0 Å². The fraction of sp³-hybridized carbons (Fsp3) is 0.421. The number of benzene rings is 1. The van der Waals surface area contributed by atoms with Gasteiger partial charge >= 0.3 is 0 Å². The van der Waals surface area contributed by atoms with Gasteiger partial charge < -0.3 is 15.0 Å². The lowest BCUT2D eigenvalue weighted by Gasteiger charge is -2.35. The molecule has 0 spiro atoms. The van der Waals surface area contributed by atoms with Crippen molar-refractivity contribution in [3.63, 3.8) is 0 Å². The standard InChI is InChI=1S/C19H22ClN3O2/c1-12-17(6-7-21-12)19(24)22-15-8-16-11-25-18(10-23(16)9-15)13-2-4-14(20)5-3-13/h2-7,15-16,18,21H,8-11H2,1H3,(H,22,24)/t15-,16-,18+/m0/s1. The number of carbonyl (C=O) groups excluding carboxylic acids is 1. The molecule has 2 saturated heterocycles. The molecule has 25 heavy (non-hydrogen) atoms. The van der Waals surface area contributed by atoms with Crippen LogP contribution in [0, 0.1) is 6.92 Å². The van der Waals surface area contributed by atoms with Gasteiger partial charge in [0, 0.05) is 42.1 Å². The molecule has 4 rings (SSSR count). The number of hydrogen-bond donors (Lipinski definition) is 2. The number of ether oxygens (including phenoxy) is 1. The van der Waals surface area contributed by atoms with Crippen molar-refractivity contribution < 1.29 is 9.53 Å². The number of fused-ring (bicyclic) bond motifs is 1. The van der Waals surface area contributed by atoms with E-state index in [0.717, 1.165) is 41.4 Å². The number of aromatic nitrogens is 1. The average molecular weight is 360 g/mol. The quantitative estimate of drug-likeness (QED) is 0.886. The van der Waals surface area contributed by atoms with Crippen molar-refractivity contribution in [1.82, 2.24) is 15.2 Å². The summed E-state index contributed by atoms with van der Waals surface area (Å²) >= 11 is 5.97. The lowest BCUT2D eigenvalue weighted by molar-refractivity contribution is -0.0502. The third kappa shape index (κ3) is 3.45. The molecule has 1 aromatic carbocycles. The van der Waals surface area contributed by atoms with Crippen molar-refractivity contribution >= 4 is 17.5 Å². The molecule has 132 valence electrons. The number of H-pyrrole nitrogens is 1. The highest BCUT2D eigenvalue weighted by Crippen LogP contribution is 2.31. The molecule has 6 heteroatoms. The Hall–Kier alpha value is -1.82. The number of nitrogens with zero attached hydrogens (tertiary/aromatic N) is 1. The minimum atomic E-state index is -0.00114. The molecule has 0 aliphatic carbocycles. The number of aryl methyl sites for hydroxylation is 1. The number of rotatable bonds is 3. The van der Waals surface area contributed by atoms with E-state index in [2.05, 4.69) is 15.2 Å². The van der Waals surface area contributed by atoms with Crippen LogP contribution in [0.15, 0.2) is 36.5 Å². The highest BCUT2D eigenvalue weighted by atomic mass is 35.5. The summed E-state index contributed by atoms with van der Waals surface area (Å²) in [6.07, 6.45) is 2.80. The van der Waals surface area contributed by atoms with Crippen LogP contribution in [0.25, 0.3) is 0 Å². The van der Waals surface area contributed by atoms with Crippen molar-refractivity contribution in [2.24, 2.45) is 0 Å². The maximum Gasteiger partial charge on any atom is 0.253 e. The summed E-state index contributed by atoms with van der Waals surface area (Å²) in [6, 6.07) is 10.2. The Labute approximate surface area is 152 Å². The Morgan fingerprint density at radius 3 is 2.80 bits per heavy atom. The first-order valence-corrected chi connectivity index (χ1v) is 9.04. The zero-order chi connectivity index (χ0) is 17.4. The molecule has 2 aromatic rings. The minimum absolute atomic E-state index is 0.00114. The predicted molar refractivity (Wildman–Crippen MR) is 96.9 cm³/mol. The molecule has 2 N–H and O–H groups in total. The number of aromatic amines is 1. The summed E-state index contributed by atoms with van der Waals surface area (Å²) in [6.45, 7) is 4.33. The van der Waals surface area contributed by atoms with Crippen LogP contribution in [0.5, 0.6) is 0 Å². The van der Waals surface area contributed by atoms with E-state index in [9.17, 15) is 4.79 Å². The van der Waals surface area contributed by atoms with E-state index in [1.54, 1.807) is 6.20 Å². The van der Waals surface area contributed by atoms with Crippen molar-refractivity contribution in [3.8, 4) is 0 Å². The molecule has 0 radical (unpaired) electrons. The number of halogens is 1. The first-order valence-electron chi connectivity index (χ1n) is 8.66. The van der Waals surface area contributed by atoms with Crippen LogP contribution in [0.1, 0.15) is 34.1 Å². The monoisotopic (exact) mass is 359 g/mol. The van der Waals surface area contributed by atoms with Gasteiger partial charge in [-0.05, 0) is 37.1 Å². The fourth-order valence-electron chi connectivity index (χ4n) is 3.82. The van der Waals surface area contributed by atoms with Crippen molar-refractivity contribution in [2.45, 2.75) is 31.5 Å². The van der Waals surface area contributed by atoms with E-state index in [4.69, 9.17) is 16.3 Å². The summed E-state index contributed by atoms with van der Waals surface area (Å²) in [5, 5.41) is 3.90. The highest BCUT2D eigenvalue weighted by Gasteiger charge is 2.38. The summed E-state index contributed by atoms with van der Waals surface area (Å²) in [5.41, 5.74) is 2.78. The summed E-state index contributed by atoms with van der Waals surface area (Å²) in [4.78, 5) is 17.9. The van der Waals surface area contributed by atoms with Gasteiger partial charge in [-0.15, -0.1) is 0 Å². The zero-order valence-corrected chi connectivity index (χ0v) is 14.9. The first-order chi connectivity index (χ1) is 12.1. The Morgan fingerprint density at radius 1 is 1.28 bits per heavy atom. The molecule has 2 aliphatic heterocycles. The third-order valence-electron chi connectivity index (χ3n) is 5.19. The van der Waals surface area contributed by atoms with Gasteiger partial charge in [-0.3, -0.25) is 9.69 Å². The fourth-order valence-corrected chi connectivity index (χ4v) is 3.95. The molecule has 5 nitrogen and oxygen atoms in total. The van der Waals surface area contributed by atoms with Crippen molar-refractivity contribution in [1.29, 1.82) is 0 Å². The Kier molecular flexibility index (Phi) is 4.54. The number of hydrogen-bond acceptors (Lipinski definition) is 3. The van der Waals surface area contributed by atoms with Crippen LogP contribution in [0.3, 0.4) is 0 Å². The molecular formula is C19H22ClN3O2. The third-order valence-corrected chi connectivity index (χ3v) is 5.45. The summed E-state index contributed by atoms with van der Waals surface area (Å²) in [5.74, 6) is -0.00114. The Bertz CT molecular complexity index is 758. The van der Waals surface area contributed by atoms with E-state index in [-0.39, 0.29) is 18.1 Å². The second-order valence-electron chi connectivity index (χ2n) is 6.90. The molecule has 3 heterocycles. The van der Waals surface area contributed by atoms with Crippen molar-refractivity contribution in [3.05, 3.63) is 58.4 Å². The number of nitrogens with one attached hydrogen (secondary N) is 2. The van der Waals surface area contributed by atoms with Crippen LogP contribution in [0.2, 0.25) is 5.02 Å². The van der Waals surface area contributed by atoms with E-state index < -0.39 is 0 Å². The predicted octanol–water partition coefficient (Wildman–Crippen LogP) is 2.92. The van der Waals surface area contributed by atoms with Crippen LogP contribution in [-0.2, 0) is 4.74 Å². The van der Waals surface area contributed by atoms with Crippen LogP contribution >= 0.6 is 11.6 Å². The molecular weight excluding hydrogens is 338 g/mol. The van der Waals surface area contributed by atoms with E-state index >= 15 is 0 Å². The van der Waals surface area contributed by atoms with E-state index in [0.29, 0.717) is 12.6 Å². The van der Waals surface area contributed by atoms with Gasteiger partial charge in [0.1, 0.15) is 0 Å². The number of amides is 1. The highest BCUT2D eigenvalue weighted by molar-refractivity contribution is 6.30. The SMILES string of the molecule is Cc1[nH]ccc1C(=O)N[C@H]1C[C@H]2CO[C@@H](c3ccc(Cl)cc3)CN2C1. The summed E-state index contributed by atoms with van der Waals surface area (Å²) in [7, 11) is 0. The van der Waals surface area contributed by atoms with Crippen LogP contribution < -0.4 is 5.32 Å². The second-order valence-corrected chi connectivity index (χ2v) is 7.34. The van der Waals surface area contributed by atoms with Gasteiger partial charge in [0.2, 0.25) is 0 Å². The largest absolute Gasteiger partial charge is 0.371 e. The molecule has 0 unspecified atom stereocenters. The lowest BCUT2D eigenvalue weighted by Crippen LogP contribution is -2.43. The molecule has 3 atom stereocenters. The smallest absolute Gasteiger partial charge is 0.253 e.